The molecule has 14 heavy (non-hydrogen) atoms. The van der Waals surface area contributed by atoms with Crippen LogP contribution in [0.5, 0.6) is 0 Å². The third-order valence-electron chi connectivity index (χ3n) is 1.66. The van der Waals surface area contributed by atoms with Crippen molar-refractivity contribution in [3.05, 3.63) is 17.5 Å². The number of nitrogens with one attached hydrogen (secondary N) is 2. The maximum Gasteiger partial charge on any atom is 0.325 e. The Labute approximate surface area is 80.3 Å². The minimum atomic E-state index is -1.08. The van der Waals surface area contributed by atoms with Gasteiger partial charge in [-0.15, -0.1) is 0 Å². The third-order valence-corrected chi connectivity index (χ3v) is 1.66. The fourth-order valence-electron chi connectivity index (χ4n) is 0.867. The summed E-state index contributed by atoms with van der Waals surface area (Å²) in [5, 5.41) is 17.1. The minimum Gasteiger partial charge on any atom is -0.480 e. The van der Waals surface area contributed by atoms with Gasteiger partial charge < -0.3 is 10.4 Å². The van der Waals surface area contributed by atoms with Gasteiger partial charge in [-0.1, -0.05) is 0 Å². The van der Waals surface area contributed by atoms with E-state index >= 15 is 0 Å². The molecule has 0 aromatic carbocycles. The number of aromatic nitrogens is 2. The summed E-state index contributed by atoms with van der Waals surface area (Å²) in [5.74, 6) is -1.57. The maximum absolute atomic E-state index is 11.3. The standard InChI is InChI=1S/C8H11N3O3/c1-4-3-6(11-10-4)7(12)9-5(2)8(13)14/h3,5H,1-2H3,(H,9,12)(H,10,11)(H,13,14)/t5-/m1/s1. The molecule has 0 radical (unpaired) electrons. The van der Waals surface area contributed by atoms with Gasteiger partial charge in [-0.25, -0.2) is 0 Å². The Morgan fingerprint density at radius 1 is 1.64 bits per heavy atom. The first-order valence-electron chi connectivity index (χ1n) is 4.06. The molecule has 1 aromatic rings. The van der Waals surface area contributed by atoms with E-state index in [9.17, 15) is 9.59 Å². The molecule has 0 unspecified atom stereocenters. The lowest BCUT2D eigenvalue weighted by Gasteiger charge is -2.06. The molecular formula is C8H11N3O3. The van der Waals surface area contributed by atoms with Crippen LogP contribution in [0.15, 0.2) is 6.07 Å². The number of hydrogen-bond donors (Lipinski definition) is 3. The van der Waals surface area contributed by atoms with Crippen LogP contribution in [0.25, 0.3) is 0 Å². The molecular weight excluding hydrogens is 186 g/mol. The van der Waals surface area contributed by atoms with Crippen molar-refractivity contribution in [2.45, 2.75) is 19.9 Å². The van der Waals surface area contributed by atoms with Crippen molar-refractivity contribution >= 4 is 11.9 Å². The highest BCUT2D eigenvalue weighted by Gasteiger charge is 2.16. The van der Waals surface area contributed by atoms with Crippen LogP contribution in [-0.2, 0) is 4.79 Å². The van der Waals surface area contributed by atoms with Crippen LogP contribution in [-0.4, -0.2) is 33.2 Å². The molecule has 1 heterocycles. The number of nitrogens with zero attached hydrogens (tertiary/aromatic N) is 1. The van der Waals surface area contributed by atoms with Crippen LogP contribution in [0.2, 0.25) is 0 Å². The smallest absolute Gasteiger partial charge is 0.325 e. The number of H-pyrrole nitrogens is 1. The van der Waals surface area contributed by atoms with Gasteiger partial charge >= 0.3 is 5.97 Å². The number of carboxylic acids is 1. The Kier molecular flexibility index (Phi) is 2.85. The molecule has 0 aliphatic rings. The fraction of sp³-hybridized carbons (Fsp3) is 0.375. The van der Waals surface area contributed by atoms with Crippen LogP contribution in [0.4, 0.5) is 0 Å². The van der Waals surface area contributed by atoms with Gasteiger partial charge in [0, 0.05) is 5.69 Å². The second-order valence-electron chi connectivity index (χ2n) is 2.97. The summed E-state index contributed by atoms with van der Waals surface area (Å²) >= 11 is 0. The van der Waals surface area contributed by atoms with Crippen molar-refractivity contribution in [3.8, 4) is 0 Å². The number of hydrogen-bond acceptors (Lipinski definition) is 3. The third kappa shape index (κ3) is 2.32. The van der Waals surface area contributed by atoms with Gasteiger partial charge in [-0.05, 0) is 19.9 Å². The molecule has 1 aromatic heterocycles. The van der Waals surface area contributed by atoms with E-state index in [-0.39, 0.29) is 5.69 Å². The molecule has 6 nitrogen and oxygen atoms in total. The van der Waals surface area contributed by atoms with Crippen molar-refractivity contribution in [2.24, 2.45) is 0 Å². The molecule has 1 amide bonds. The van der Waals surface area contributed by atoms with Crippen molar-refractivity contribution in [2.75, 3.05) is 0 Å². The first-order valence-corrected chi connectivity index (χ1v) is 4.06. The zero-order chi connectivity index (χ0) is 10.7. The Bertz CT molecular complexity index is 358. The lowest BCUT2D eigenvalue weighted by Crippen LogP contribution is -2.38. The van der Waals surface area contributed by atoms with Gasteiger partial charge in [-0.3, -0.25) is 14.7 Å². The quantitative estimate of drug-likeness (QED) is 0.631. The van der Waals surface area contributed by atoms with Crippen LogP contribution in [0.3, 0.4) is 0 Å². The lowest BCUT2D eigenvalue weighted by molar-refractivity contribution is -0.138. The lowest BCUT2D eigenvalue weighted by atomic mass is 10.3. The monoisotopic (exact) mass is 197 g/mol. The number of carbonyl (C=O) groups excluding carboxylic acids is 1. The second kappa shape index (κ2) is 3.91. The summed E-state index contributed by atoms with van der Waals surface area (Å²) < 4.78 is 0. The molecule has 0 bridgehead atoms. The first-order chi connectivity index (χ1) is 6.50. The summed E-state index contributed by atoms with van der Waals surface area (Å²) in [6.07, 6.45) is 0. The zero-order valence-corrected chi connectivity index (χ0v) is 7.87. The van der Waals surface area contributed by atoms with E-state index in [1.54, 1.807) is 13.0 Å². The van der Waals surface area contributed by atoms with Crippen LogP contribution >= 0.6 is 0 Å². The van der Waals surface area contributed by atoms with E-state index in [2.05, 4.69) is 15.5 Å². The molecule has 3 N–H and O–H groups in total. The van der Waals surface area contributed by atoms with Crippen molar-refractivity contribution in [1.29, 1.82) is 0 Å². The molecule has 1 atom stereocenters. The Balaban J connectivity index is 2.63. The molecule has 0 spiro atoms. The Hall–Kier alpha value is -1.85. The number of aliphatic carboxylic acids is 1. The van der Waals surface area contributed by atoms with Crippen LogP contribution in [0, 0.1) is 6.92 Å². The molecule has 1 rings (SSSR count). The highest BCUT2D eigenvalue weighted by molar-refractivity contribution is 5.94. The van der Waals surface area contributed by atoms with E-state index in [0.29, 0.717) is 0 Å². The summed E-state index contributed by atoms with van der Waals surface area (Å²) in [6.45, 7) is 3.14. The van der Waals surface area contributed by atoms with Gasteiger partial charge in [0.05, 0.1) is 0 Å². The number of aromatic amines is 1. The normalized spacial score (nSPS) is 12.1. The van der Waals surface area contributed by atoms with Crippen molar-refractivity contribution in [1.82, 2.24) is 15.5 Å². The topological polar surface area (TPSA) is 95.1 Å². The summed E-state index contributed by atoms with van der Waals surface area (Å²) in [4.78, 5) is 21.7. The summed E-state index contributed by atoms with van der Waals surface area (Å²) in [7, 11) is 0. The average Bonchev–Trinajstić information content (AvgIpc) is 2.51. The fourth-order valence-corrected chi connectivity index (χ4v) is 0.867. The number of carboxylic acid groups (broad SMARTS) is 1. The molecule has 0 aliphatic carbocycles. The second-order valence-corrected chi connectivity index (χ2v) is 2.97. The molecule has 0 aliphatic heterocycles. The van der Waals surface area contributed by atoms with E-state index < -0.39 is 17.9 Å². The van der Waals surface area contributed by atoms with E-state index in [0.717, 1.165) is 5.69 Å². The van der Waals surface area contributed by atoms with Gasteiger partial charge in [0.25, 0.3) is 5.91 Å². The highest BCUT2D eigenvalue weighted by atomic mass is 16.4. The highest BCUT2D eigenvalue weighted by Crippen LogP contribution is 1.97. The van der Waals surface area contributed by atoms with E-state index in [1.165, 1.54) is 6.92 Å². The largest absolute Gasteiger partial charge is 0.480 e. The summed E-state index contributed by atoms with van der Waals surface area (Å²) in [5.41, 5.74) is 0.939. The predicted octanol–water partition coefficient (Wildman–Crippen LogP) is -0.0790. The van der Waals surface area contributed by atoms with Gasteiger partial charge in [0.2, 0.25) is 0 Å². The van der Waals surface area contributed by atoms with E-state index in [4.69, 9.17) is 5.11 Å². The number of aryl methyl sites for hydroxylation is 1. The molecule has 76 valence electrons. The van der Waals surface area contributed by atoms with Gasteiger partial charge in [-0.2, -0.15) is 5.10 Å². The molecule has 0 saturated carbocycles. The van der Waals surface area contributed by atoms with Crippen LogP contribution in [0.1, 0.15) is 23.1 Å². The first kappa shape index (κ1) is 10.2. The molecule has 6 heteroatoms. The SMILES string of the molecule is Cc1cc(C(=O)N[C@H](C)C(=O)O)n[nH]1. The van der Waals surface area contributed by atoms with Crippen molar-refractivity contribution < 1.29 is 14.7 Å². The Morgan fingerprint density at radius 2 is 2.29 bits per heavy atom. The van der Waals surface area contributed by atoms with E-state index in [1.807, 2.05) is 0 Å². The average molecular weight is 197 g/mol. The number of amides is 1. The molecule has 0 saturated heterocycles. The van der Waals surface area contributed by atoms with Crippen LogP contribution < -0.4 is 5.32 Å². The van der Waals surface area contributed by atoms with Crippen molar-refractivity contribution in [3.63, 3.8) is 0 Å². The molecule has 0 fully saturated rings. The Morgan fingerprint density at radius 3 is 2.71 bits per heavy atom. The van der Waals surface area contributed by atoms with Gasteiger partial charge in [0.15, 0.2) is 0 Å². The minimum absolute atomic E-state index is 0.190. The number of carbonyl (C=O) groups is 2. The predicted molar refractivity (Wildman–Crippen MR) is 47.9 cm³/mol. The zero-order valence-electron chi connectivity index (χ0n) is 7.87. The maximum atomic E-state index is 11.3. The summed E-state index contributed by atoms with van der Waals surface area (Å²) in [6, 6.07) is 0.628. The van der Waals surface area contributed by atoms with Gasteiger partial charge in [0.1, 0.15) is 11.7 Å². The number of rotatable bonds is 3.